The highest BCUT2D eigenvalue weighted by molar-refractivity contribution is 8.03. The summed E-state index contributed by atoms with van der Waals surface area (Å²) in [5.41, 5.74) is 1.09. The number of esters is 1. The van der Waals surface area contributed by atoms with Crippen LogP contribution in [0.15, 0.2) is 64.5 Å². The predicted octanol–water partition coefficient (Wildman–Crippen LogP) is 3.61. The molecule has 0 bridgehead atoms. The smallest absolute Gasteiger partial charge is 0.408 e. The third-order valence-corrected chi connectivity index (χ3v) is 8.23. The molecule has 10 nitrogen and oxygen atoms in total. The number of amides is 3. The van der Waals surface area contributed by atoms with Crippen LogP contribution in [-0.4, -0.2) is 63.4 Å². The largest absolute Gasteiger partial charge is 0.459 e. The number of carbonyl (C=O) groups excluding carboxylic acids is 4. The van der Waals surface area contributed by atoms with Gasteiger partial charge >= 0.3 is 12.1 Å². The van der Waals surface area contributed by atoms with E-state index in [9.17, 15) is 19.2 Å². The molecule has 0 saturated carbocycles. The molecule has 3 aliphatic rings. The predicted molar refractivity (Wildman–Crippen MR) is 147 cm³/mol. The standard InChI is InChI=1S/C27H28N4O6S2/c1-27(2,3)37-26(35)29-19-22(33)31-20(24(34)36-14-16-7-5-4-6-8-16)18(15-39-23(19)31)13-17-9-11-30(21(17)32)25-28-10-12-38-25/h4-8,10,12-13,15,19-20,23H,9,11,14H2,1-3H3,(H,29,35)/b17-13+/t19-,20-,23-/m1/s1. The normalized spacial score (nSPS) is 23.7. The minimum Gasteiger partial charge on any atom is -0.459 e. The Hall–Kier alpha value is -3.64. The molecule has 12 heteroatoms. The lowest BCUT2D eigenvalue weighted by Gasteiger charge is -2.51. The maximum Gasteiger partial charge on any atom is 0.408 e. The van der Waals surface area contributed by atoms with Gasteiger partial charge in [0, 0.05) is 23.7 Å². The van der Waals surface area contributed by atoms with Crippen molar-refractivity contribution in [2.75, 3.05) is 11.4 Å². The van der Waals surface area contributed by atoms with Gasteiger partial charge in [0.05, 0.1) is 0 Å². The fourth-order valence-electron chi connectivity index (χ4n) is 4.50. The fraction of sp³-hybridized carbons (Fsp3) is 0.370. The molecule has 4 heterocycles. The molecule has 1 aromatic heterocycles. The number of benzene rings is 1. The van der Waals surface area contributed by atoms with E-state index in [0.717, 1.165) is 5.56 Å². The maximum atomic E-state index is 13.4. The molecule has 3 amide bonds. The lowest BCUT2D eigenvalue weighted by molar-refractivity contribution is -0.163. The minimum absolute atomic E-state index is 0.0379. The van der Waals surface area contributed by atoms with Crippen molar-refractivity contribution in [3.63, 3.8) is 0 Å². The number of hydrogen-bond acceptors (Lipinski definition) is 9. The van der Waals surface area contributed by atoms with Crippen LogP contribution in [0.1, 0.15) is 32.8 Å². The number of carbonyl (C=O) groups is 4. The van der Waals surface area contributed by atoms with E-state index in [1.807, 2.05) is 30.3 Å². The number of rotatable bonds is 6. The van der Waals surface area contributed by atoms with Gasteiger partial charge in [-0.1, -0.05) is 30.3 Å². The van der Waals surface area contributed by atoms with Gasteiger partial charge in [-0.2, -0.15) is 0 Å². The Kier molecular flexibility index (Phi) is 7.50. The maximum absolute atomic E-state index is 13.4. The summed E-state index contributed by atoms with van der Waals surface area (Å²) >= 11 is 2.67. The average Bonchev–Trinajstić information content (AvgIpc) is 3.55. The van der Waals surface area contributed by atoms with Gasteiger partial charge in [0.15, 0.2) is 11.2 Å². The van der Waals surface area contributed by atoms with Crippen LogP contribution >= 0.6 is 23.1 Å². The van der Waals surface area contributed by atoms with Crippen LogP contribution in [0.5, 0.6) is 0 Å². The molecule has 0 spiro atoms. The number of fused-ring (bicyclic) bond motifs is 1. The number of aromatic nitrogens is 1. The molecular weight excluding hydrogens is 540 g/mol. The van der Waals surface area contributed by atoms with Gasteiger partial charge in [-0.05, 0) is 49.8 Å². The number of ether oxygens (including phenoxy) is 2. The van der Waals surface area contributed by atoms with E-state index < -0.39 is 41.0 Å². The van der Waals surface area contributed by atoms with Crippen LogP contribution < -0.4 is 10.2 Å². The van der Waals surface area contributed by atoms with Crippen molar-refractivity contribution in [1.82, 2.24) is 15.2 Å². The number of hydrogen-bond donors (Lipinski definition) is 1. The summed E-state index contributed by atoms with van der Waals surface area (Å²) < 4.78 is 10.9. The fourth-order valence-corrected chi connectivity index (χ4v) is 6.36. The molecule has 3 atom stereocenters. The number of alkyl carbamates (subject to hydrolysis) is 1. The molecule has 2 saturated heterocycles. The molecular formula is C27H28N4O6S2. The SMILES string of the molecule is CC(C)(C)OC(=O)N[C@@H]1C(=O)N2[C@@H](C(=O)OCc3ccccc3)C(/C=C3\CCN(c4nccs4)C3=O)=CS[C@H]12. The highest BCUT2D eigenvalue weighted by Gasteiger charge is 2.56. The van der Waals surface area contributed by atoms with Gasteiger partial charge in [0.25, 0.3) is 5.91 Å². The summed E-state index contributed by atoms with van der Waals surface area (Å²) in [5.74, 6) is -1.22. The molecule has 0 aliphatic carbocycles. The Morgan fingerprint density at radius 1 is 1.21 bits per heavy atom. The highest BCUT2D eigenvalue weighted by atomic mass is 32.2. The third-order valence-electron chi connectivity index (χ3n) is 6.25. The average molecular weight is 569 g/mol. The number of β-lactam (4-membered cyclic amide) rings is 1. The molecule has 204 valence electrons. The number of thioether (sulfide) groups is 1. The van der Waals surface area contributed by atoms with Crippen molar-refractivity contribution in [3.05, 3.63) is 70.1 Å². The number of nitrogens with one attached hydrogen (secondary N) is 1. The van der Waals surface area contributed by atoms with E-state index in [1.165, 1.54) is 28.0 Å². The first-order valence-corrected chi connectivity index (χ1v) is 14.2. The zero-order valence-corrected chi connectivity index (χ0v) is 23.3. The van der Waals surface area contributed by atoms with E-state index in [-0.39, 0.29) is 12.5 Å². The summed E-state index contributed by atoms with van der Waals surface area (Å²) in [4.78, 5) is 59.4. The Bertz CT molecular complexity index is 1340. The van der Waals surface area contributed by atoms with Crippen molar-refractivity contribution < 1.29 is 28.7 Å². The van der Waals surface area contributed by atoms with Gasteiger partial charge in [-0.25, -0.2) is 14.6 Å². The van der Waals surface area contributed by atoms with E-state index in [4.69, 9.17) is 9.47 Å². The molecule has 1 aromatic carbocycles. The van der Waals surface area contributed by atoms with Crippen molar-refractivity contribution in [3.8, 4) is 0 Å². The topological polar surface area (TPSA) is 118 Å². The summed E-state index contributed by atoms with van der Waals surface area (Å²) in [6, 6.07) is 7.32. The zero-order chi connectivity index (χ0) is 27.7. The van der Waals surface area contributed by atoms with Crippen molar-refractivity contribution in [2.45, 2.75) is 56.9 Å². The highest BCUT2D eigenvalue weighted by Crippen LogP contribution is 2.42. The van der Waals surface area contributed by atoms with Crippen LogP contribution in [0, 0.1) is 0 Å². The summed E-state index contributed by atoms with van der Waals surface area (Å²) in [6.45, 7) is 5.72. The molecule has 5 rings (SSSR count). The Morgan fingerprint density at radius 2 is 1.97 bits per heavy atom. The molecule has 3 aliphatic heterocycles. The van der Waals surface area contributed by atoms with Gasteiger partial charge < -0.3 is 19.7 Å². The number of thiazole rings is 1. The van der Waals surface area contributed by atoms with Gasteiger partial charge in [-0.3, -0.25) is 14.5 Å². The molecule has 0 unspecified atom stereocenters. The minimum atomic E-state index is -1.06. The van der Waals surface area contributed by atoms with Gasteiger partial charge in [0.2, 0.25) is 5.91 Å². The molecule has 1 N–H and O–H groups in total. The van der Waals surface area contributed by atoms with Crippen LogP contribution in [0.3, 0.4) is 0 Å². The lowest BCUT2D eigenvalue weighted by atomic mass is 9.96. The second-order valence-electron chi connectivity index (χ2n) is 10.2. The number of anilines is 1. The van der Waals surface area contributed by atoms with E-state index in [1.54, 1.807) is 48.7 Å². The number of nitrogens with zero attached hydrogens (tertiary/aromatic N) is 3. The monoisotopic (exact) mass is 568 g/mol. The van der Waals surface area contributed by atoms with Crippen LogP contribution in [0.4, 0.5) is 9.93 Å². The van der Waals surface area contributed by atoms with Gasteiger partial charge in [0.1, 0.15) is 23.6 Å². The van der Waals surface area contributed by atoms with E-state index in [0.29, 0.717) is 29.2 Å². The summed E-state index contributed by atoms with van der Waals surface area (Å²) in [5, 5.41) is 6.28. The van der Waals surface area contributed by atoms with Crippen LogP contribution in [0.25, 0.3) is 0 Å². The third kappa shape index (κ3) is 5.71. The summed E-state index contributed by atoms with van der Waals surface area (Å²) in [6.07, 6.45) is 3.09. The molecule has 2 fully saturated rings. The molecule has 0 radical (unpaired) electrons. The first-order valence-electron chi connectivity index (χ1n) is 12.4. The van der Waals surface area contributed by atoms with Crippen LogP contribution in [-0.2, 0) is 30.5 Å². The Morgan fingerprint density at radius 3 is 2.67 bits per heavy atom. The molecule has 39 heavy (non-hydrogen) atoms. The second-order valence-corrected chi connectivity index (χ2v) is 12.1. The zero-order valence-electron chi connectivity index (χ0n) is 21.7. The van der Waals surface area contributed by atoms with E-state index >= 15 is 0 Å². The lowest BCUT2D eigenvalue weighted by Crippen LogP contribution is -2.74. The molecule has 2 aromatic rings. The Balaban J connectivity index is 1.38. The van der Waals surface area contributed by atoms with Crippen LogP contribution in [0.2, 0.25) is 0 Å². The first kappa shape index (κ1) is 26.9. The first-order chi connectivity index (χ1) is 18.6. The van der Waals surface area contributed by atoms with Gasteiger partial charge in [-0.15, -0.1) is 23.1 Å². The Labute approximate surface area is 234 Å². The van der Waals surface area contributed by atoms with Crippen molar-refractivity contribution in [2.24, 2.45) is 0 Å². The van der Waals surface area contributed by atoms with Crippen molar-refractivity contribution >= 4 is 52.1 Å². The quantitative estimate of drug-likeness (QED) is 0.319. The second kappa shape index (κ2) is 10.9. The van der Waals surface area contributed by atoms with Crippen molar-refractivity contribution in [1.29, 1.82) is 0 Å². The van der Waals surface area contributed by atoms with E-state index in [2.05, 4.69) is 10.3 Å². The summed E-state index contributed by atoms with van der Waals surface area (Å²) in [7, 11) is 0.